The highest BCUT2D eigenvalue weighted by Crippen LogP contribution is 2.20. The molecular weight excluding hydrogens is 294 g/mol. The molecule has 0 fully saturated rings. The van der Waals surface area contributed by atoms with Crippen LogP contribution in [0.25, 0.3) is 0 Å². The summed E-state index contributed by atoms with van der Waals surface area (Å²) in [4.78, 5) is 22.6. The lowest BCUT2D eigenvalue weighted by molar-refractivity contribution is -0.142. The van der Waals surface area contributed by atoms with E-state index in [1.54, 1.807) is 18.2 Å². The van der Waals surface area contributed by atoms with E-state index in [1.807, 2.05) is 13.8 Å². The number of benzene rings is 1. The van der Waals surface area contributed by atoms with Crippen molar-refractivity contribution in [3.05, 3.63) is 28.8 Å². The van der Waals surface area contributed by atoms with Crippen molar-refractivity contribution in [1.82, 2.24) is 5.32 Å². The molecule has 116 valence electrons. The van der Waals surface area contributed by atoms with Crippen LogP contribution in [0.15, 0.2) is 18.2 Å². The highest BCUT2D eigenvalue weighted by atomic mass is 35.5. The van der Waals surface area contributed by atoms with Gasteiger partial charge in [0.25, 0.3) is 5.91 Å². The number of rotatable bonds is 8. The van der Waals surface area contributed by atoms with E-state index in [9.17, 15) is 9.59 Å². The first-order chi connectivity index (χ1) is 9.93. The lowest BCUT2D eigenvalue weighted by Crippen LogP contribution is -2.35. The van der Waals surface area contributed by atoms with Gasteiger partial charge in [0, 0.05) is 11.6 Å². The number of carbonyl (C=O) groups excluding carboxylic acids is 1. The Labute approximate surface area is 129 Å². The zero-order valence-corrected chi connectivity index (χ0v) is 12.9. The molecule has 5 nitrogen and oxygen atoms in total. The smallest absolute Gasteiger partial charge is 0.308 e. The molecule has 1 aromatic rings. The number of hydrogen-bond donors (Lipinski definition) is 2. The van der Waals surface area contributed by atoms with Crippen LogP contribution in [0.4, 0.5) is 0 Å². The average Bonchev–Trinajstić information content (AvgIpc) is 2.44. The minimum absolute atomic E-state index is 0.116. The molecule has 6 heteroatoms. The lowest BCUT2D eigenvalue weighted by Gasteiger charge is -2.13. The van der Waals surface area contributed by atoms with Gasteiger partial charge >= 0.3 is 5.97 Å². The van der Waals surface area contributed by atoms with Gasteiger partial charge in [-0.05, 0) is 37.1 Å². The van der Waals surface area contributed by atoms with Gasteiger partial charge in [0.1, 0.15) is 5.75 Å². The Morgan fingerprint density at radius 1 is 1.43 bits per heavy atom. The van der Waals surface area contributed by atoms with E-state index in [2.05, 4.69) is 5.32 Å². The first-order valence-electron chi connectivity index (χ1n) is 6.82. The zero-order valence-electron chi connectivity index (χ0n) is 12.2. The number of hydrogen-bond acceptors (Lipinski definition) is 3. The number of carboxylic acids is 1. The number of carboxylic acid groups (broad SMARTS) is 1. The third kappa shape index (κ3) is 6.04. The van der Waals surface area contributed by atoms with Crippen LogP contribution in [0.3, 0.4) is 0 Å². The fourth-order valence-electron chi connectivity index (χ4n) is 1.81. The van der Waals surface area contributed by atoms with Gasteiger partial charge in [0.05, 0.1) is 5.92 Å². The highest BCUT2D eigenvalue weighted by molar-refractivity contribution is 6.31. The second-order valence-electron chi connectivity index (χ2n) is 4.83. The molecule has 1 aromatic carbocycles. The van der Waals surface area contributed by atoms with E-state index in [4.69, 9.17) is 21.4 Å². The topological polar surface area (TPSA) is 75.6 Å². The summed E-state index contributed by atoms with van der Waals surface area (Å²) in [6.07, 6.45) is 1.29. The molecule has 2 N–H and O–H groups in total. The summed E-state index contributed by atoms with van der Waals surface area (Å²) in [6, 6.07) is 5.12. The molecule has 0 aliphatic rings. The standard InChI is InChI=1S/C15H20ClNO4/c1-3-4-11(15(19)20)8-17-14(18)9-21-12-5-6-13(16)10(2)7-12/h5-7,11H,3-4,8-9H2,1-2H3,(H,17,18)(H,19,20). The van der Waals surface area contributed by atoms with Crippen LogP contribution in [0, 0.1) is 12.8 Å². The SMILES string of the molecule is CCCC(CNC(=O)COc1ccc(Cl)c(C)c1)C(=O)O. The van der Waals surface area contributed by atoms with Crippen LogP contribution < -0.4 is 10.1 Å². The predicted molar refractivity (Wildman–Crippen MR) is 80.7 cm³/mol. The summed E-state index contributed by atoms with van der Waals surface area (Å²) in [5.41, 5.74) is 0.864. The number of amides is 1. The summed E-state index contributed by atoms with van der Waals surface area (Å²) < 4.78 is 5.34. The first-order valence-corrected chi connectivity index (χ1v) is 7.20. The molecule has 1 rings (SSSR count). The molecule has 0 saturated carbocycles. The third-order valence-electron chi connectivity index (χ3n) is 3.03. The summed E-state index contributed by atoms with van der Waals surface area (Å²) in [5.74, 6) is -1.25. The van der Waals surface area contributed by atoms with Crippen molar-refractivity contribution in [3.63, 3.8) is 0 Å². The highest BCUT2D eigenvalue weighted by Gasteiger charge is 2.17. The van der Waals surface area contributed by atoms with E-state index >= 15 is 0 Å². The van der Waals surface area contributed by atoms with Crippen molar-refractivity contribution in [2.24, 2.45) is 5.92 Å². The second kappa shape index (κ2) is 8.52. The molecule has 0 aliphatic heterocycles. The molecular formula is C15H20ClNO4. The fraction of sp³-hybridized carbons (Fsp3) is 0.467. The molecule has 1 atom stereocenters. The molecule has 0 spiro atoms. The quantitative estimate of drug-likeness (QED) is 0.773. The molecule has 0 bridgehead atoms. The van der Waals surface area contributed by atoms with Gasteiger partial charge in [-0.15, -0.1) is 0 Å². The molecule has 0 saturated heterocycles. The Morgan fingerprint density at radius 2 is 2.14 bits per heavy atom. The van der Waals surface area contributed by atoms with Gasteiger partial charge in [0.15, 0.2) is 6.61 Å². The van der Waals surface area contributed by atoms with Crippen molar-refractivity contribution in [2.75, 3.05) is 13.2 Å². The number of ether oxygens (including phenoxy) is 1. The van der Waals surface area contributed by atoms with Gasteiger partial charge in [-0.1, -0.05) is 24.9 Å². The largest absolute Gasteiger partial charge is 0.484 e. The van der Waals surface area contributed by atoms with Crippen LogP contribution in [0.1, 0.15) is 25.3 Å². The summed E-state index contributed by atoms with van der Waals surface area (Å²) in [5, 5.41) is 12.2. The number of carbonyl (C=O) groups is 2. The normalized spacial score (nSPS) is 11.8. The Balaban J connectivity index is 2.39. The Bertz CT molecular complexity index is 504. The van der Waals surface area contributed by atoms with Crippen molar-refractivity contribution in [1.29, 1.82) is 0 Å². The first kappa shape index (κ1) is 17.3. The van der Waals surface area contributed by atoms with E-state index in [1.165, 1.54) is 0 Å². The van der Waals surface area contributed by atoms with Crippen LogP contribution in [-0.4, -0.2) is 30.1 Å². The minimum Gasteiger partial charge on any atom is -0.484 e. The van der Waals surface area contributed by atoms with E-state index in [-0.39, 0.29) is 19.1 Å². The van der Waals surface area contributed by atoms with Crippen molar-refractivity contribution < 1.29 is 19.4 Å². The van der Waals surface area contributed by atoms with Gasteiger partial charge in [-0.3, -0.25) is 9.59 Å². The maximum Gasteiger partial charge on any atom is 0.308 e. The monoisotopic (exact) mass is 313 g/mol. The second-order valence-corrected chi connectivity index (χ2v) is 5.23. The third-order valence-corrected chi connectivity index (χ3v) is 3.46. The summed E-state index contributed by atoms with van der Waals surface area (Å²) in [7, 11) is 0. The van der Waals surface area contributed by atoms with Crippen LogP contribution in [0.5, 0.6) is 5.75 Å². The van der Waals surface area contributed by atoms with Crippen molar-refractivity contribution in [3.8, 4) is 5.75 Å². The fourth-order valence-corrected chi connectivity index (χ4v) is 1.92. The minimum atomic E-state index is -0.897. The number of nitrogens with one attached hydrogen (secondary N) is 1. The maximum absolute atomic E-state index is 11.6. The van der Waals surface area contributed by atoms with Gasteiger partial charge in [0.2, 0.25) is 0 Å². The Hall–Kier alpha value is -1.75. The van der Waals surface area contributed by atoms with E-state index in [0.717, 1.165) is 12.0 Å². The molecule has 1 amide bonds. The van der Waals surface area contributed by atoms with E-state index < -0.39 is 11.9 Å². The predicted octanol–water partition coefficient (Wildman–Crippen LogP) is 2.64. The van der Waals surface area contributed by atoms with Gasteiger partial charge < -0.3 is 15.2 Å². The molecule has 0 aliphatic carbocycles. The van der Waals surface area contributed by atoms with Crippen LogP contribution in [-0.2, 0) is 9.59 Å². The van der Waals surface area contributed by atoms with Gasteiger partial charge in [-0.2, -0.15) is 0 Å². The molecule has 0 radical (unpaired) electrons. The maximum atomic E-state index is 11.6. The summed E-state index contributed by atoms with van der Waals surface area (Å²) >= 11 is 5.90. The van der Waals surface area contributed by atoms with Crippen LogP contribution in [0.2, 0.25) is 5.02 Å². The molecule has 0 heterocycles. The number of aliphatic carboxylic acids is 1. The van der Waals surface area contributed by atoms with Crippen molar-refractivity contribution in [2.45, 2.75) is 26.7 Å². The zero-order chi connectivity index (χ0) is 15.8. The lowest BCUT2D eigenvalue weighted by atomic mass is 10.0. The molecule has 0 aromatic heterocycles. The Morgan fingerprint density at radius 3 is 2.71 bits per heavy atom. The van der Waals surface area contributed by atoms with Gasteiger partial charge in [-0.25, -0.2) is 0 Å². The molecule has 1 unspecified atom stereocenters. The van der Waals surface area contributed by atoms with Crippen LogP contribution >= 0.6 is 11.6 Å². The summed E-state index contributed by atoms with van der Waals surface area (Å²) in [6.45, 7) is 3.71. The number of halogens is 1. The molecule has 21 heavy (non-hydrogen) atoms. The number of aryl methyl sites for hydroxylation is 1. The van der Waals surface area contributed by atoms with E-state index in [0.29, 0.717) is 17.2 Å². The van der Waals surface area contributed by atoms with Crippen molar-refractivity contribution >= 4 is 23.5 Å². The Kier molecular flexibility index (Phi) is 7.02. The average molecular weight is 314 g/mol.